The van der Waals surface area contributed by atoms with Crippen LogP contribution in [-0.2, 0) is 16.0 Å². The summed E-state index contributed by atoms with van der Waals surface area (Å²) in [5.74, 6) is -0.164. The van der Waals surface area contributed by atoms with Crippen molar-refractivity contribution < 1.29 is 14.0 Å². The number of hydrogen-bond acceptors (Lipinski definition) is 5. The Morgan fingerprint density at radius 1 is 1.05 bits per heavy atom. The predicted octanol–water partition coefficient (Wildman–Crippen LogP) is 4.25. The van der Waals surface area contributed by atoms with Crippen LogP contribution in [0.1, 0.15) is 69.2 Å². The van der Waals surface area contributed by atoms with Crippen LogP contribution in [0.3, 0.4) is 0 Å². The Bertz CT molecular complexity index is 1140. The lowest BCUT2D eigenvalue weighted by Crippen LogP contribution is -2.55. The van der Waals surface area contributed by atoms with Crippen molar-refractivity contribution in [1.29, 1.82) is 0 Å². The van der Waals surface area contributed by atoms with Gasteiger partial charge in [0.1, 0.15) is 11.9 Å². The van der Waals surface area contributed by atoms with Crippen molar-refractivity contribution in [2.24, 2.45) is 5.92 Å². The lowest BCUT2D eigenvalue weighted by molar-refractivity contribution is -0.139. The van der Waals surface area contributed by atoms with Crippen molar-refractivity contribution >= 4 is 23.2 Å². The third kappa shape index (κ3) is 5.35. The number of amides is 2. The summed E-state index contributed by atoms with van der Waals surface area (Å²) < 4.78 is 13.7. The minimum absolute atomic E-state index is 0.0141. The molecule has 198 valence electrons. The molecule has 1 aromatic heterocycles. The van der Waals surface area contributed by atoms with Crippen LogP contribution in [0, 0.1) is 11.7 Å². The van der Waals surface area contributed by atoms with Crippen LogP contribution in [0.5, 0.6) is 0 Å². The van der Waals surface area contributed by atoms with Gasteiger partial charge in [0.25, 0.3) is 0 Å². The summed E-state index contributed by atoms with van der Waals surface area (Å²) >= 11 is 0. The van der Waals surface area contributed by atoms with Gasteiger partial charge in [-0.1, -0.05) is 19.3 Å². The molecule has 7 nitrogen and oxygen atoms in total. The van der Waals surface area contributed by atoms with Gasteiger partial charge in [0.15, 0.2) is 0 Å². The molecule has 0 spiro atoms. The number of aromatic nitrogens is 1. The summed E-state index contributed by atoms with van der Waals surface area (Å²) in [5.41, 5.74) is 3.92. The number of likely N-dealkylation sites (N-methyl/N-ethyl adjacent to an activating group) is 1. The molecular weight excluding hydrogens is 469 g/mol. The van der Waals surface area contributed by atoms with Crippen molar-refractivity contribution in [3.05, 3.63) is 53.6 Å². The molecule has 5 rings (SSSR count). The maximum absolute atomic E-state index is 14.0. The minimum atomic E-state index is -0.507. The molecule has 3 aliphatic rings. The Labute approximate surface area is 218 Å². The number of likely N-dealkylation sites (tertiary alicyclic amines) is 1. The zero-order valence-electron chi connectivity index (χ0n) is 21.9. The van der Waals surface area contributed by atoms with Gasteiger partial charge >= 0.3 is 0 Å². The number of fused-ring (bicyclic) bond motifs is 1. The molecule has 1 aliphatic carbocycles. The van der Waals surface area contributed by atoms with Gasteiger partial charge in [0.05, 0.1) is 17.8 Å². The second kappa shape index (κ2) is 11.2. The number of nitrogens with one attached hydrogen (secondary N) is 2. The van der Waals surface area contributed by atoms with Crippen LogP contribution in [0.15, 0.2) is 36.5 Å². The highest BCUT2D eigenvalue weighted by Gasteiger charge is 2.39. The van der Waals surface area contributed by atoms with E-state index in [1.165, 1.54) is 12.5 Å². The van der Waals surface area contributed by atoms with Gasteiger partial charge in [-0.25, -0.2) is 4.39 Å². The smallest absolute Gasteiger partial charge is 0.246 e. The minimum Gasteiger partial charge on any atom is -0.343 e. The fourth-order valence-electron chi connectivity index (χ4n) is 6.20. The van der Waals surface area contributed by atoms with Gasteiger partial charge in [0.2, 0.25) is 11.8 Å². The topological polar surface area (TPSA) is 77.6 Å². The van der Waals surface area contributed by atoms with E-state index in [0.29, 0.717) is 6.54 Å². The van der Waals surface area contributed by atoms with E-state index in [1.54, 1.807) is 13.1 Å². The average molecular weight is 508 g/mol. The summed E-state index contributed by atoms with van der Waals surface area (Å²) in [4.78, 5) is 35.7. The van der Waals surface area contributed by atoms with E-state index in [9.17, 15) is 14.0 Å². The molecule has 1 saturated carbocycles. The largest absolute Gasteiger partial charge is 0.343 e. The van der Waals surface area contributed by atoms with Crippen LogP contribution < -0.4 is 15.5 Å². The van der Waals surface area contributed by atoms with Gasteiger partial charge in [0, 0.05) is 30.7 Å². The standard InChI is InChI=1S/C29H38FN5O2/c1-19(31-2)28(36)33-27(20-7-4-3-5-8-20)29(37)35-15-6-9-26(35)24-18-23(12-14-32-24)34-16-13-21-17-22(30)10-11-25(21)34/h10-12,14,17-20,26-27,31H,3-9,13,15-16H2,1-2H3,(H,33,36)/t19-,26-,27-/m0/s1. The van der Waals surface area contributed by atoms with Crippen molar-refractivity contribution in [3.63, 3.8) is 0 Å². The van der Waals surface area contributed by atoms with Gasteiger partial charge in [-0.15, -0.1) is 0 Å². The van der Waals surface area contributed by atoms with E-state index < -0.39 is 6.04 Å². The number of carbonyl (C=O) groups excluding carboxylic acids is 2. The molecule has 8 heteroatoms. The Morgan fingerprint density at radius 3 is 2.65 bits per heavy atom. The molecule has 2 fully saturated rings. The van der Waals surface area contributed by atoms with Crippen molar-refractivity contribution in [3.8, 4) is 0 Å². The fourth-order valence-corrected chi connectivity index (χ4v) is 6.20. The molecule has 3 heterocycles. The Kier molecular flexibility index (Phi) is 7.74. The van der Waals surface area contributed by atoms with Gasteiger partial charge in [-0.2, -0.15) is 0 Å². The zero-order chi connectivity index (χ0) is 25.9. The summed E-state index contributed by atoms with van der Waals surface area (Å²) in [7, 11) is 1.76. The third-order valence-electron chi connectivity index (χ3n) is 8.40. The normalized spacial score (nSPS) is 21.5. The quantitative estimate of drug-likeness (QED) is 0.586. The van der Waals surface area contributed by atoms with Crippen LogP contribution in [-0.4, -0.2) is 53.9 Å². The summed E-state index contributed by atoms with van der Waals surface area (Å²) in [5, 5.41) is 6.09. The second-order valence-electron chi connectivity index (χ2n) is 10.7. The van der Waals surface area contributed by atoms with Crippen LogP contribution in [0.25, 0.3) is 0 Å². The molecule has 0 unspecified atom stereocenters. The van der Waals surface area contributed by atoms with Crippen molar-refractivity contribution in [2.75, 3.05) is 25.0 Å². The second-order valence-corrected chi connectivity index (χ2v) is 10.7. The molecule has 2 aromatic rings. The molecule has 1 saturated heterocycles. The first-order chi connectivity index (χ1) is 18.0. The monoisotopic (exact) mass is 507 g/mol. The molecular formula is C29H38FN5O2. The maximum Gasteiger partial charge on any atom is 0.246 e. The molecule has 2 N–H and O–H groups in total. The van der Waals surface area contributed by atoms with E-state index in [1.807, 2.05) is 30.2 Å². The molecule has 0 bridgehead atoms. The van der Waals surface area contributed by atoms with Gasteiger partial charge in [-0.05, 0) is 87.9 Å². The van der Waals surface area contributed by atoms with Crippen LogP contribution in [0.2, 0.25) is 0 Å². The Hall–Kier alpha value is -3.00. The lowest BCUT2D eigenvalue weighted by atomic mass is 9.83. The van der Waals surface area contributed by atoms with Crippen molar-refractivity contribution in [1.82, 2.24) is 20.5 Å². The van der Waals surface area contributed by atoms with Gasteiger partial charge in [-0.3, -0.25) is 14.6 Å². The fraction of sp³-hybridized carbons (Fsp3) is 0.552. The molecule has 3 atom stereocenters. The first-order valence-corrected chi connectivity index (χ1v) is 13.8. The van der Waals surface area contributed by atoms with Gasteiger partial charge < -0.3 is 20.4 Å². The number of rotatable bonds is 7. The van der Waals surface area contributed by atoms with E-state index >= 15 is 0 Å². The van der Waals surface area contributed by atoms with Crippen molar-refractivity contribution in [2.45, 2.75) is 76.4 Å². The molecule has 0 radical (unpaired) electrons. The number of anilines is 2. The number of hydrogen-bond donors (Lipinski definition) is 2. The zero-order valence-corrected chi connectivity index (χ0v) is 21.9. The average Bonchev–Trinajstić information content (AvgIpc) is 3.58. The highest BCUT2D eigenvalue weighted by molar-refractivity contribution is 5.90. The van der Waals surface area contributed by atoms with E-state index in [0.717, 1.165) is 74.1 Å². The number of pyridine rings is 1. The number of carbonyl (C=O) groups is 2. The van der Waals surface area contributed by atoms with Crippen LogP contribution in [0.4, 0.5) is 15.8 Å². The maximum atomic E-state index is 14.0. The lowest BCUT2D eigenvalue weighted by Gasteiger charge is -2.35. The predicted molar refractivity (Wildman–Crippen MR) is 142 cm³/mol. The highest BCUT2D eigenvalue weighted by Crippen LogP contribution is 2.38. The summed E-state index contributed by atoms with van der Waals surface area (Å²) in [6, 6.07) is 8.03. The summed E-state index contributed by atoms with van der Waals surface area (Å²) in [6.45, 7) is 3.27. The highest BCUT2D eigenvalue weighted by atomic mass is 19.1. The van der Waals surface area contributed by atoms with E-state index in [-0.39, 0.29) is 35.6 Å². The number of benzene rings is 1. The van der Waals surface area contributed by atoms with E-state index in [4.69, 9.17) is 4.98 Å². The third-order valence-corrected chi connectivity index (χ3v) is 8.40. The molecule has 1 aromatic carbocycles. The summed E-state index contributed by atoms with van der Waals surface area (Å²) in [6.07, 6.45) is 9.68. The molecule has 37 heavy (non-hydrogen) atoms. The van der Waals surface area contributed by atoms with E-state index in [2.05, 4.69) is 21.6 Å². The molecule has 2 amide bonds. The molecule has 2 aliphatic heterocycles. The number of halogens is 1. The Balaban J connectivity index is 1.38. The number of nitrogens with zero attached hydrogens (tertiary/aromatic N) is 3. The van der Waals surface area contributed by atoms with Crippen LogP contribution >= 0.6 is 0 Å². The first kappa shape index (κ1) is 25.6. The SMILES string of the molecule is CN[C@@H](C)C(=O)N[C@H](C(=O)N1CCC[C@H]1c1cc(N2CCc3cc(F)ccc32)ccn1)C1CCCCC1. The Morgan fingerprint density at radius 2 is 1.86 bits per heavy atom. The first-order valence-electron chi connectivity index (χ1n) is 13.8.